The van der Waals surface area contributed by atoms with Gasteiger partial charge in [-0.3, -0.25) is 9.69 Å². The van der Waals surface area contributed by atoms with Gasteiger partial charge >= 0.3 is 6.16 Å². The lowest BCUT2D eigenvalue weighted by Gasteiger charge is -2.32. The highest BCUT2D eigenvalue weighted by Gasteiger charge is 2.33. The lowest BCUT2D eigenvalue weighted by atomic mass is 9.82. The number of hydrogen-bond acceptors (Lipinski definition) is 4. The average Bonchev–Trinajstić information content (AvgIpc) is 3.00. The van der Waals surface area contributed by atoms with Gasteiger partial charge in [-0.2, -0.15) is 0 Å². The van der Waals surface area contributed by atoms with Crippen LogP contribution in [0.3, 0.4) is 0 Å². The number of anilines is 1. The summed E-state index contributed by atoms with van der Waals surface area (Å²) in [4.78, 5) is 26.0. The lowest BCUT2D eigenvalue weighted by molar-refractivity contribution is -0.124. The molecule has 0 saturated heterocycles. The van der Waals surface area contributed by atoms with E-state index >= 15 is 0 Å². The summed E-state index contributed by atoms with van der Waals surface area (Å²) in [6.45, 7) is 8.15. The molecule has 1 aliphatic rings. The third-order valence-corrected chi connectivity index (χ3v) is 5.21. The highest BCUT2D eigenvalue weighted by molar-refractivity contribution is 5.96. The molecule has 0 unspecified atom stereocenters. The molecule has 1 aromatic heterocycles. The number of allylic oxidation sites excluding steroid dienone is 1. The SMILES string of the molecule is CCCC/C=C/n1cc(OC(=O)O)c(N(C(=O)C2CCC(C)CC2)C(C)C)n1. The van der Waals surface area contributed by atoms with Crippen LogP contribution in [-0.2, 0) is 4.79 Å². The summed E-state index contributed by atoms with van der Waals surface area (Å²) in [5.41, 5.74) is 0. The number of carboxylic acid groups (broad SMARTS) is 1. The van der Waals surface area contributed by atoms with Crippen molar-refractivity contribution in [1.29, 1.82) is 0 Å². The molecule has 0 spiro atoms. The van der Waals surface area contributed by atoms with Crippen molar-refractivity contribution in [3.63, 3.8) is 0 Å². The van der Waals surface area contributed by atoms with Crippen molar-refractivity contribution in [2.45, 2.75) is 78.7 Å². The minimum Gasteiger partial charge on any atom is -0.449 e. The first-order chi connectivity index (χ1) is 13.3. The van der Waals surface area contributed by atoms with Gasteiger partial charge < -0.3 is 9.84 Å². The second kappa shape index (κ2) is 10.3. The number of nitrogens with zero attached hydrogens (tertiary/aromatic N) is 3. The maximum atomic E-state index is 13.2. The molecule has 0 aromatic carbocycles. The van der Waals surface area contributed by atoms with Gasteiger partial charge in [0.15, 0.2) is 5.75 Å². The van der Waals surface area contributed by atoms with Crippen LogP contribution in [0.4, 0.5) is 10.6 Å². The van der Waals surface area contributed by atoms with E-state index in [1.54, 1.807) is 11.1 Å². The molecule has 1 N–H and O–H groups in total. The quantitative estimate of drug-likeness (QED) is 0.488. The Morgan fingerprint density at radius 2 is 2.04 bits per heavy atom. The topological polar surface area (TPSA) is 84.7 Å². The number of amides is 1. The molecule has 2 rings (SSSR count). The van der Waals surface area contributed by atoms with Gasteiger partial charge in [0.1, 0.15) is 0 Å². The molecular formula is C21H33N3O4. The van der Waals surface area contributed by atoms with Crippen LogP contribution in [0.1, 0.15) is 72.6 Å². The van der Waals surface area contributed by atoms with Gasteiger partial charge in [0.05, 0.1) is 6.20 Å². The first kappa shape index (κ1) is 22.0. The fourth-order valence-corrected chi connectivity index (χ4v) is 3.59. The van der Waals surface area contributed by atoms with E-state index in [0.717, 1.165) is 44.9 Å². The number of rotatable bonds is 8. The van der Waals surface area contributed by atoms with Gasteiger partial charge in [-0.25, -0.2) is 9.48 Å². The second-order valence-electron chi connectivity index (χ2n) is 7.95. The van der Waals surface area contributed by atoms with Crippen LogP contribution in [0.25, 0.3) is 6.20 Å². The predicted molar refractivity (Wildman–Crippen MR) is 109 cm³/mol. The van der Waals surface area contributed by atoms with Crippen LogP contribution in [0, 0.1) is 11.8 Å². The van der Waals surface area contributed by atoms with E-state index in [2.05, 4.69) is 18.9 Å². The van der Waals surface area contributed by atoms with Crippen molar-refractivity contribution in [2.24, 2.45) is 11.8 Å². The zero-order valence-electron chi connectivity index (χ0n) is 17.4. The Morgan fingerprint density at radius 1 is 1.36 bits per heavy atom. The number of carbonyl (C=O) groups is 2. The van der Waals surface area contributed by atoms with Crippen molar-refractivity contribution >= 4 is 24.1 Å². The molecule has 0 radical (unpaired) electrons. The molecule has 1 aromatic rings. The molecule has 0 bridgehead atoms. The molecule has 0 atom stereocenters. The molecule has 1 fully saturated rings. The van der Waals surface area contributed by atoms with Gasteiger partial charge in [-0.15, -0.1) is 5.10 Å². The van der Waals surface area contributed by atoms with Crippen LogP contribution in [0.5, 0.6) is 5.75 Å². The van der Waals surface area contributed by atoms with Gasteiger partial charge in [0.25, 0.3) is 0 Å². The fourth-order valence-electron chi connectivity index (χ4n) is 3.59. The van der Waals surface area contributed by atoms with Crippen LogP contribution >= 0.6 is 0 Å². The summed E-state index contributed by atoms with van der Waals surface area (Å²) < 4.78 is 6.47. The summed E-state index contributed by atoms with van der Waals surface area (Å²) in [7, 11) is 0. The number of aromatic nitrogens is 2. The molecule has 0 aliphatic heterocycles. The van der Waals surface area contributed by atoms with E-state index in [4.69, 9.17) is 9.84 Å². The average molecular weight is 392 g/mol. The number of unbranched alkanes of at least 4 members (excludes halogenated alkanes) is 2. The van der Waals surface area contributed by atoms with Gasteiger partial charge in [0.2, 0.25) is 11.7 Å². The monoisotopic (exact) mass is 391 g/mol. The van der Waals surface area contributed by atoms with Crippen molar-refractivity contribution in [3.8, 4) is 5.75 Å². The van der Waals surface area contributed by atoms with E-state index in [1.807, 2.05) is 19.9 Å². The normalized spacial score (nSPS) is 19.9. The third-order valence-electron chi connectivity index (χ3n) is 5.21. The fraction of sp³-hybridized carbons (Fsp3) is 0.667. The molecule has 156 valence electrons. The Labute approximate surface area is 167 Å². The van der Waals surface area contributed by atoms with Crippen molar-refractivity contribution in [2.75, 3.05) is 4.90 Å². The lowest BCUT2D eigenvalue weighted by Crippen LogP contribution is -2.42. The first-order valence-electron chi connectivity index (χ1n) is 10.3. The van der Waals surface area contributed by atoms with Crippen molar-refractivity contribution < 1.29 is 19.4 Å². The Bertz CT molecular complexity index is 688. The number of hydrogen-bond donors (Lipinski definition) is 1. The largest absolute Gasteiger partial charge is 0.511 e. The van der Waals surface area contributed by atoms with E-state index in [-0.39, 0.29) is 29.4 Å². The standard InChI is InChI=1S/C21H33N3O4/c1-5-6-7-8-13-23-14-18(28-21(26)27)19(22-23)24(15(2)3)20(25)17-11-9-16(4)10-12-17/h8,13-17H,5-7,9-12H2,1-4H3,(H,26,27)/b13-8+. The van der Waals surface area contributed by atoms with Crippen LogP contribution in [-0.4, -0.2) is 33.0 Å². The Morgan fingerprint density at radius 3 is 2.61 bits per heavy atom. The van der Waals surface area contributed by atoms with Gasteiger partial charge in [-0.05, 0) is 51.9 Å². The summed E-state index contributed by atoms with van der Waals surface area (Å²) in [6.07, 6.45) is 10.7. The molecule has 1 amide bonds. The number of carbonyl (C=O) groups excluding carboxylic acids is 1. The van der Waals surface area contributed by atoms with Crippen molar-refractivity contribution in [3.05, 3.63) is 12.3 Å². The second-order valence-corrected chi connectivity index (χ2v) is 7.95. The zero-order valence-corrected chi connectivity index (χ0v) is 17.4. The van der Waals surface area contributed by atoms with Gasteiger partial charge in [0, 0.05) is 18.2 Å². The predicted octanol–water partition coefficient (Wildman–Crippen LogP) is 5.17. The minimum atomic E-state index is -1.42. The molecular weight excluding hydrogens is 358 g/mol. The Kier molecular flexibility index (Phi) is 8.08. The summed E-state index contributed by atoms with van der Waals surface area (Å²) >= 11 is 0. The number of ether oxygens (including phenoxy) is 1. The third kappa shape index (κ3) is 5.84. The smallest absolute Gasteiger partial charge is 0.449 e. The Hall–Kier alpha value is -2.31. The van der Waals surface area contributed by atoms with E-state index < -0.39 is 6.16 Å². The maximum absolute atomic E-state index is 13.2. The van der Waals surface area contributed by atoms with E-state index in [1.165, 1.54) is 10.9 Å². The van der Waals surface area contributed by atoms with Crippen molar-refractivity contribution in [1.82, 2.24) is 9.78 Å². The summed E-state index contributed by atoms with van der Waals surface area (Å²) in [6, 6.07) is -0.157. The summed E-state index contributed by atoms with van der Waals surface area (Å²) in [5, 5.41) is 13.6. The highest BCUT2D eigenvalue weighted by atomic mass is 16.7. The van der Waals surface area contributed by atoms with Crippen LogP contribution in [0.15, 0.2) is 12.3 Å². The minimum absolute atomic E-state index is 0.00245. The maximum Gasteiger partial charge on any atom is 0.511 e. The molecule has 7 heteroatoms. The zero-order chi connectivity index (χ0) is 20.7. The van der Waals surface area contributed by atoms with Crippen LogP contribution < -0.4 is 9.64 Å². The summed E-state index contributed by atoms with van der Waals surface area (Å²) in [5.74, 6) is 0.939. The molecule has 1 heterocycles. The van der Waals surface area contributed by atoms with Gasteiger partial charge in [-0.1, -0.05) is 32.8 Å². The molecule has 1 aliphatic carbocycles. The molecule has 28 heavy (non-hydrogen) atoms. The molecule has 1 saturated carbocycles. The first-order valence-corrected chi connectivity index (χ1v) is 10.3. The molecule has 7 nitrogen and oxygen atoms in total. The van der Waals surface area contributed by atoms with E-state index in [9.17, 15) is 9.59 Å². The van der Waals surface area contributed by atoms with E-state index in [0.29, 0.717) is 5.92 Å². The van der Waals surface area contributed by atoms with Crippen LogP contribution in [0.2, 0.25) is 0 Å². The highest BCUT2D eigenvalue weighted by Crippen LogP contribution is 2.34. The Balaban J connectivity index is 2.30.